The topological polar surface area (TPSA) is 32.3 Å². The fraction of sp³-hybridized carbons (Fsp3) is 0.500. The second kappa shape index (κ2) is 6.60. The number of amides is 1. The molecule has 0 aliphatic carbocycles. The standard InChI is InChI=1S/C14H15F5N2O/c1-20-14(22)7-2-4-21(5-3-7)6-8-9(15)11(17)13(19)12(18)10(8)16/h7H,2-6H2,1H3,(H,20,22). The normalized spacial score (nSPS) is 16.8. The van der Waals surface area contributed by atoms with Gasteiger partial charge in [0.15, 0.2) is 23.3 Å². The molecule has 0 spiro atoms. The van der Waals surface area contributed by atoms with E-state index >= 15 is 0 Å². The summed E-state index contributed by atoms with van der Waals surface area (Å²) in [6.45, 7) is 0.307. The van der Waals surface area contributed by atoms with Crippen LogP contribution in [0.3, 0.4) is 0 Å². The number of carbonyl (C=O) groups excluding carboxylic acids is 1. The van der Waals surface area contributed by atoms with Crippen LogP contribution in [-0.4, -0.2) is 30.9 Å². The lowest BCUT2D eigenvalue weighted by molar-refractivity contribution is -0.125. The maximum atomic E-state index is 13.6. The molecule has 0 aromatic heterocycles. The molecule has 1 heterocycles. The van der Waals surface area contributed by atoms with Crippen LogP contribution in [0.4, 0.5) is 22.0 Å². The summed E-state index contributed by atoms with van der Waals surface area (Å²) in [6.07, 6.45) is 0.935. The zero-order chi connectivity index (χ0) is 16.4. The minimum atomic E-state index is -2.16. The first-order chi connectivity index (χ1) is 10.4. The highest BCUT2D eigenvalue weighted by molar-refractivity contribution is 5.78. The van der Waals surface area contributed by atoms with Crippen LogP contribution in [0.5, 0.6) is 0 Å². The van der Waals surface area contributed by atoms with Crippen LogP contribution in [-0.2, 0) is 11.3 Å². The van der Waals surface area contributed by atoms with Gasteiger partial charge in [-0.1, -0.05) is 0 Å². The number of carbonyl (C=O) groups is 1. The zero-order valence-corrected chi connectivity index (χ0v) is 11.9. The molecule has 0 radical (unpaired) electrons. The Balaban J connectivity index is 2.12. The molecule has 1 aromatic carbocycles. The van der Waals surface area contributed by atoms with Crippen molar-refractivity contribution in [2.24, 2.45) is 5.92 Å². The van der Waals surface area contributed by atoms with E-state index in [1.54, 1.807) is 4.90 Å². The van der Waals surface area contributed by atoms with E-state index in [-0.39, 0.29) is 18.4 Å². The van der Waals surface area contributed by atoms with Crippen molar-refractivity contribution in [3.63, 3.8) is 0 Å². The Labute approximate surface area is 124 Å². The Morgan fingerprint density at radius 3 is 1.91 bits per heavy atom. The van der Waals surface area contributed by atoms with Gasteiger partial charge in [-0.2, -0.15) is 0 Å². The van der Waals surface area contributed by atoms with Crippen LogP contribution >= 0.6 is 0 Å². The first kappa shape index (κ1) is 16.7. The van der Waals surface area contributed by atoms with Crippen molar-refractivity contribution in [2.45, 2.75) is 19.4 Å². The van der Waals surface area contributed by atoms with E-state index in [0.717, 1.165) is 0 Å². The summed E-state index contributed by atoms with van der Waals surface area (Å²) < 4.78 is 66.5. The Morgan fingerprint density at radius 2 is 1.45 bits per heavy atom. The summed E-state index contributed by atoms with van der Waals surface area (Å²) in [5, 5.41) is 2.52. The summed E-state index contributed by atoms with van der Waals surface area (Å²) in [7, 11) is 1.52. The predicted molar refractivity (Wildman–Crippen MR) is 68.3 cm³/mol. The van der Waals surface area contributed by atoms with E-state index in [1.165, 1.54) is 7.05 Å². The highest BCUT2D eigenvalue weighted by atomic mass is 19.2. The zero-order valence-electron chi connectivity index (χ0n) is 11.9. The first-order valence-electron chi connectivity index (χ1n) is 6.81. The molecule has 1 N–H and O–H groups in total. The molecule has 1 amide bonds. The van der Waals surface area contributed by atoms with Crippen molar-refractivity contribution >= 4 is 5.91 Å². The predicted octanol–water partition coefficient (Wildman–Crippen LogP) is 2.34. The molecule has 1 aliphatic rings. The molecule has 2 rings (SSSR count). The summed E-state index contributed by atoms with van der Waals surface area (Å²) in [5.74, 6) is -9.94. The second-order valence-corrected chi connectivity index (χ2v) is 5.21. The third-order valence-electron chi connectivity index (χ3n) is 3.89. The van der Waals surface area contributed by atoms with Gasteiger partial charge in [-0.25, -0.2) is 22.0 Å². The molecule has 1 saturated heterocycles. The minimum absolute atomic E-state index is 0.115. The lowest BCUT2D eigenvalue weighted by Gasteiger charge is -2.31. The number of hydrogen-bond acceptors (Lipinski definition) is 2. The number of hydrogen-bond donors (Lipinski definition) is 1. The highest BCUT2D eigenvalue weighted by Gasteiger charge is 2.29. The van der Waals surface area contributed by atoms with Crippen LogP contribution in [0.15, 0.2) is 0 Å². The monoisotopic (exact) mass is 322 g/mol. The number of rotatable bonds is 3. The molecule has 3 nitrogen and oxygen atoms in total. The summed E-state index contributed by atoms with van der Waals surface area (Å²) >= 11 is 0. The SMILES string of the molecule is CNC(=O)C1CCN(Cc2c(F)c(F)c(F)c(F)c2F)CC1. The van der Waals surface area contributed by atoms with Crippen LogP contribution in [0.2, 0.25) is 0 Å². The number of benzene rings is 1. The third kappa shape index (κ3) is 3.06. The molecule has 0 bridgehead atoms. The van der Waals surface area contributed by atoms with E-state index in [1.807, 2.05) is 0 Å². The van der Waals surface area contributed by atoms with Crippen molar-refractivity contribution in [1.82, 2.24) is 10.2 Å². The number of nitrogens with one attached hydrogen (secondary N) is 1. The lowest BCUT2D eigenvalue weighted by Crippen LogP contribution is -2.39. The molecule has 0 saturated carbocycles. The number of piperidine rings is 1. The van der Waals surface area contributed by atoms with Gasteiger partial charge < -0.3 is 5.32 Å². The average molecular weight is 322 g/mol. The van der Waals surface area contributed by atoms with Crippen molar-refractivity contribution in [3.05, 3.63) is 34.6 Å². The van der Waals surface area contributed by atoms with Gasteiger partial charge in [0.25, 0.3) is 0 Å². The van der Waals surface area contributed by atoms with E-state index in [0.29, 0.717) is 25.9 Å². The van der Waals surface area contributed by atoms with Crippen molar-refractivity contribution in [2.75, 3.05) is 20.1 Å². The lowest BCUT2D eigenvalue weighted by atomic mass is 9.95. The summed E-state index contributed by atoms with van der Waals surface area (Å²) in [6, 6.07) is 0. The van der Waals surface area contributed by atoms with E-state index in [2.05, 4.69) is 5.32 Å². The van der Waals surface area contributed by atoms with Gasteiger partial charge in [0, 0.05) is 25.1 Å². The third-order valence-corrected chi connectivity index (χ3v) is 3.89. The molecular weight excluding hydrogens is 307 g/mol. The van der Waals surface area contributed by atoms with Gasteiger partial charge in [0.05, 0.1) is 0 Å². The average Bonchev–Trinajstić information content (AvgIpc) is 2.55. The Morgan fingerprint density at radius 1 is 1.00 bits per heavy atom. The number of nitrogens with zero attached hydrogens (tertiary/aromatic N) is 1. The Kier molecular flexibility index (Phi) is 5.00. The largest absolute Gasteiger partial charge is 0.359 e. The van der Waals surface area contributed by atoms with Crippen molar-refractivity contribution < 1.29 is 26.7 Å². The Hall–Kier alpha value is -1.70. The van der Waals surface area contributed by atoms with Gasteiger partial charge in [0.2, 0.25) is 11.7 Å². The highest BCUT2D eigenvalue weighted by Crippen LogP contribution is 2.26. The molecule has 8 heteroatoms. The van der Waals surface area contributed by atoms with Gasteiger partial charge >= 0.3 is 0 Å². The summed E-state index contributed by atoms with van der Waals surface area (Å²) in [4.78, 5) is 13.0. The molecule has 1 aromatic rings. The van der Waals surface area contributed by atoms with E-state index in [9.17, 15) is 26.7 Å². The van der Waals surface area contributed by atoms with Crippen LogP contribution < -0.4 is 5.32 Å². The molecule has 122 valence electrons. The maximum Gasteiger partial charge on any atom is 0.222 e. The fourth-order valence-corrected chi connectivity index (χ4v) is 2.57. The van der Waals surface area contributed by atoms with E-state index in [4.69, 9.17) is 0 Å². The van der Waals surface area contributed by atoms with Gasteiger partial charge in [0.1, 0.15) is 0 Å². The van der Waals surface area contributed by atoms with Crippen molar-refractivity contribution in [3.8, 4) is 0 Å². The van der Waals surface area contributed by atoms with E-state index < -0.39 is 34.6 Å². The molecule has 0 atom stereocenters. The minimum Gasteiger partial charge on any atom is -0.359 e. The van der Waals surface area contributed by atoms with Gasteiger partial charge in [-0.15, -0.1) is 0 Å². The first-order valence-corrected chi connectivity index (χ1v) is 6.81. The smallest absolute Gasteiger partial charge is 0.222 e. The van der Waals surface area contributed by atoms with Crippen LogP contribution in [0.1, 0.15) is 18.4 Å². The van der Waals surface area contributed by atoms with Crippen LogP contribution in [0, 0.1) is 35.0 Å². The second-order valence-electron chi connectivity index (χ2n) is 5.21. The molecule has 0 unspecified atom stereocenters. The van der Waals surface area contributed by atoms with Crippen LogP contribution in [0.25, 0.3) is 0 Å². The quantitative estimate of drug-likeness (QED) is 0.526. The molecule has 22 heavy (non-hydrogen) atoms. The summed E-state index contributed by atoms with van der Waals surface area (Å²) in [5.41, 5.74) is -0.838. The fourth-order valence-electron chi connectivity index (χ4n) is 2.57. The van der Waals surface area contributed by atoms with Gasteiger partial charge in [-0.05, 0) is 25.9 Å². The number of halogens is 5. The van der Waals surface area contributed by atoms with Crippen molar-refractivity contribution in [1.29, 1.82) is 0 Å². The molecule has 1 aliphatic heterocycles. The Bertz CT molecular complexity index is 556. The molecule has 1 fully saturated rings. The maximum absolute atomic E-state index is 13.6. The van der Waals surface area contributed by atoms with Gasteiger partial charge in [-0.3, -0.25) is 9.69 Å². The molecular formula is C14H15F5N2O. The number of likely N-dealkylation sites (tertiary alicyclic amines) is 1.